The van der Waals surface area contributed by atoms with E-state index in [4.69, 9.17) is 4.74 Å². The number of methoxy groups -OCH3 is 1. The molecule has 8 atom stereocenters. The van der Waals surface area contributed by atoms with Gasteiger partial charge in [0.15, 0.2) is 0 Å². The molecule has 2 N–H and O–H groups in total. The van der Waals surface area contributed by atoms with E-state index in [0.717, 1.165) is 38.5 Å². The standard InChI is InChI=1S/C21H31NO3/c1-20-9-17(24)19-14(15(20)7-5-13(20)11-22)6-4-12-8-16(23)18(25-3)10-21(12,19)2/h12-13,15-18,23-24H,4-10H2,1-3H3. The van der Waals surface area contributed by atoms with E-state index in [1.54, 1.807) is 7.11 Å². The lowest BCUT2D eigenvalue weighted by Gasteiger charge is -2.56. The van der Waals surface area contributed by atoms with Crippen molar-refractivity contribution in [3.05, 3.63) is 11.1 Å². The molecule has 0 aromatic rings. The number of nitriles is 1. The first-order valence-electron chi connectivity index (χ1n) is 9.87. The fourth-order valence-corrected chi connectivity index (χ4v) is 7.04. The van der Waals surface area contributed by atoms with Crippen molar-refractivity contribution in [3.63, 3.8) is 0 Å². The van der Waals surface area contributed by atoms with E-state index in [2.05, 4.69) is 19.9 Å². The average Bonchev–Trinajstić information content (AvgIpc) is 2.90. The van der Waals surface area contributed by atoms with Crippen LogP contribution in [0.15, 0.2) is 11.1 Å². The van der Waals surface area contributed by atoms with Crippen LogP contribution in [0.25, 0.3) is 0 Å². The first-order valence-corrected chi connectivity index (χ1v) is 9.87. The monoisotopic (exact) mass is 345 g/mol. The van der Waals surface area contributed by atoms with Crippen molar-refractivity contribution in [2.24, 2.45) is 28.6 Å². The molecule has 0 spiro atoms. The van der Waals surface area contributed by atoms with Crippen LogP contribution in [0.3, 0.4) is 0 Å². The van der Waals surface area contributed by atoms with E-state index in [1.807, 2.05) is 0 Å². The van der Waals surface area contributed by atoms with Gasteiger partial charge in [-0.05, 0) is 73.2 Å². The van der Waals surface area contributed by atoms with Gasteiger partial charge < -0.3 is 14.9 Å². The van der Waals surface area contributed by atoms with Gasteiger partial charge in [0.1, 0.15) is 0 Å². The van der Waals surface area contributed by atoms with Gasteiger partial charge in [0.25, 0.3) is 0 Å². The molecule has 0 heterocycles. The third kappa shape index (κ3) is 2.29. The van der Waals surface area contributed by atoms with Crippen molar-refractivity contribution >= 4 is 0 Å². The predicted molar refractivity (Wildman–Crippen MR) is 94.5 cm³/mol. The molecular weight excluding hydrogens is 314 g/mol. The Bertz CT molecular complexity index is 638. The molecular formula is C21H31NO3. The van der Waals surface area contributed by atoms with Crippen LogP contribution < -0.4 is 0 Å². The summed E-state index contributed by atoms with van der Waals surface area (Å²) in [4.78, 5) is 0. The van der Waals surface area contributed by atoms with Gasteiger partial charge in [0.2, 0.25) is 0 Å². The number of nitrogens with zero attached hydrogens (tertiary/aromatic N) is 1. The van der Waals surface area contributed by atoms with Crippen LogP contribution in [0.4, 0.5) is 0 Å². The first-order chi connectivity index (χ1) is 11.8. The summed E-state index contributed by atoms with van der Waals surface area (Å²) >= 11 is 0. The van der Waals surface area contributed by atoms with Crippen molar-refractivity contribution in [2.75, 3.05) is 7.11 Å². The highest BCUT2D eigenvalue weighted by Crippen LogP contribution is 2.64. The van der Waals surface area contributed by atoms with Gasteiger partial charge in [-0.15, -0.1) is 0 Å². The highest BCUT2D eigenvalue weighted by atomic mass is 16.5. The fourth-order valence-electron chi connectivity index (χ4n) is 7.04. The molecule has 4 rings (SSSR count). The average molecular weight is 345 g/mol. The van der Waals surface area contributed by atoms with Crippen LogP contribution in [0.2, 0.25) is 0 Å². The van der Waals surface area contributed by atoms with Crippen LogP contribution in [0.1, 0.15) is 58.8 Å². The van der Waals surface area contributed by atoms with Crippen molar-refractivity contribution < 1.29 is 14.9 Å². The molecule has 2 saturated carbocycles. The van der Waals surface area contributed by atoms with E-state index in [-0.39, 0.29) is 22.9 Å². The lowest BCUT2D eigenvalue weighted by Crippen LogP contribution is -2.53. The Kier molecular flexibility index (Phi) is 4.07. The SMILES string of the molecule is COC1CC2(C)C3=C(CCC2CC1O)C1CCC(C#N)C1(C)CC3O. The Hall–Kier alpha value is -0.890. The molecule has 0 amide bonds. The number of aliphatic hydroxyl groups excluding tert-OH is 2. The van der Waals surface area contributed by atoms with Gasteiger partial charge >= 0.3 is 0 Å². The molecule has 0 aliphatic heterocycles. The Morgan fingerprint density at radius 1 is 1.16 bits per heavy atom. The summed E-state index contributed by atoms with van der Waals surface area (Å²) in [7, 11) is 1.68. The molecule has 0 aromatic heterocycles. The second-order valence-corrected chi connectivity index (χ2v) is 9.41. The maximum absolute atomic E-state index is 11.2. The molecule has 0 radical (unpaired) electrons. The summed E-state index contributed by atoms with van der Waals surface area (Å²) in [5, 5.41) is 31.2. The maximum atomic E-state index is 11.2. The molecule has 0 saturated heterocycles. The highest BCUT2D eigenvalue weighted by Gasteiger charge is 2.58. The van der Waals surface area contributed by atoms with Crippen molar-refractivity contribution in [2.45, 2.75) is 77.1 Å². The quantitative estimate of drug-likeness (QED) is 0.716. The van der Waals surface area contributed by atoms with E-state index in [9.17, 15) is 15.5 Å². The number of allylic oxidation sites excluding steroid dienone is 1. The summed E-state index contributed by atoms with van der Waals surface area (Å²) in [5.74, 6) is 0.924. The zero-order chi connectivity index (χ0) is 18.0. The van der Waals surface area contributed by atoms with Crippen LogP contribution in [-0.4, -0.2) is 35.6 Å². The zero-order valence-electron chi connectivity index (χ0n) is 15.7. The number of rotatable bonds is 1. The highest BCUT2D eigenvalue weighted by molar-refractivity contribution is 5.38. The van der Waals surface area contributed by atoms with Gasteiger partial charge in [0.05, 0.1) is 30.3 Å². The fraction of sp³-hybridized carbons (Fsp3) is 0.857. The van der Waals surface area contributed by atoms with Gasteiger partial charge in [-0.1, -0.05) is 19.4 Å². The van der Waals surface area contributed by atoms with E-state index in [1.165, 1.54) is 11.1 Å². The van der Waals surface area contributed by atoms with E-state index < -0.39 is 12.2 Å². The summed E-state index contributed by atoms with van der Waals surface area (Å²) in [6.07, 6.45) is 5.40. The van der Waals surface area contributed by atoms with Crippen molar-refractivity contribution in [3.8, 4) is 6.07 Å². The van der Waals surface area contributed by atoms with Crippen LogP contribution in [0.5, 0.6) is 0 Å². The molecule has 4 aliphatic carbocycles. The second-order valence-electron chi connectivity index (χ2n) is 9.41. The lowest BCUT2D eigenvalue weighted by molar-refractivity contribution is -0.0992. The molecule has 4 aliphatic rings. The second kappa shape index (κ2) is 5.81. The summed E-state index contributed by atoms with van der Waals surface area (Å²) in [6.45, 7) is 4.51. The molecule has 8 unspecified atom stereocenters. The maximum Gasteiger partial charge on any atom is 0.0838 e. The summed E-state index contributed by atoms with van der Waals surface area (Å²) in [6, 6.07) is 2.52. The number of hydrogen-bond acceptors (Lipinski definition) is 4. The Labute approximate surface area is 150 Å². The summed E-state index contributed by atoms with van der Waals surface area (Å²) in [5.41, 5.74) is 2.53. The van der Waals surface area contributed by atoms with E-state index in [0.29, 0.717) is 18.3 Å². The first kappa shape index (κ1) is 17.5. The van der Waals surface area contributed by atoms with Gasteiger partial charge in [-0.3, -0.25) is 0 Å². The molecule has 0 bridgehead atoms. The normalized spacial score (nSPS) is 52.2. The molecule has 4 heteroatoms. The number of fused-ring (bicyclic) bond motifs is 4. The van der Waals surface area contributed by atoms with Crippen LogP contribution in [0, 0.1) is 39.9 Å². The third-order valence-corrected chi connectivity index (χ3v) is 8.39. The minimum atomic E-state index is -0.453. The number of ether oxygens (including phenoxy) is 1. The minimum absolute atomic E-state index is 0.0617. The Balaban J connectivity index is 1.77. The van der Waals surface area contributed by atoms with E-state index >= 15 is 0 Å². The Morgan fingerprint density at radius 3 is 2.60 bits per heavy atom. The molecule has 25 heavy (non-hydrogen) atoms. The van der Waals surface area contributed by atoms with Crippen LogP contribution in [-0.2, 0) is 4.74 Å². The van der Waals surface area contributed by atoms with Crippen LogP contribution >= 0.6 is 0 Å². The largest absolute Gasteiger partial charge is 0.390 e. The van der Waals surface area contributed by atoms with Gasteiger partial charge in [-0.25, -0.2) is 0 Å². The van der Waals surface area contributed by atoms with Gasteiger partial charge in [0, 0.05) is 7.11 Å². The lowest BCUT2D eigenvalue weighted by atomic mass is 9.50. The molecule has 4 nitrogen and oxygen atoms in total. The van der Waals surface area contributed by atoms with Crippen molar-refractivity contribution in [1.29, 1.82) is 5.26 Å². The smallest absolute Gasteiger partial charge is 0.0838 e. The molecule has 0 aromatic carbocycles. The molecule has 138 valence electrons. The number of hydrogen-bond donors (Lipinski definition) is 2. The summed E-state index contributed by atoms with van der Waals surface area (Å²) < 4.78 is 5.58. The molecule has 2 fully saturated rings. The minimum Gasteiger partial charge on any atom is -0.390 e. The number of aliphatic hydroxyl groups is 2. The van der Waals surface area contributed by atoms with Crippen molar-refractivity contribution in [1.82, 2.24) is 0 Å². The van der Waals surface area contributed by atoms with Gasteiger partial charge in [-0.2, -0.15) is 5.26 Å². The third-order valence-electron chi connectivity index (χ3n) is 8.39. The Morgan fingerprint density at radius 2 is 1.92 bits per heavy atom. The predicted octanol–water partition coefficient (Wildman–Crippen LogP) is 3.19. The zero-order valence-corrected chi connectivity index (χ0v) is 15.7. The topological polar surface area (TPSA) is 73.5 Å².